The van der Waals surface area contributed by atoms with E-state index in [0.717, 1.165) is 0 Å². The van der Waals surface area contributed by atoms with Gasteiger partial charge >= 0.3 is 0 Å². The van der Waals surface area contributed by atoms with E-state index in [-0.39, 0.29) is 5.91 Å². The number of hydrogen-bond acceptors (Lipinski definition) is 4. The van der Waals surface area contributed by atoms with Crippen LogP contribution in [0, 0.1) is 0 Å². The Hall–Kier alpha value is -1.11. The second-order valence-corrected chi connectivity index (χ2v) is 5.36. The molecule has 1 amide bonds. The fourth-order valence-corrected chi connectivity index (χ4v) is 1.80. The number of carbonyl (C=O) groups is 1. The zero-order valence-corrected chi connectivity index (χ0v) is 10.9. The lowest BCUT2D eigenvalue weighted by atomic mass is 10.1. The van der Waals surface area contributed by atoms with Crippen molar-refractivity contribution in [3.05, 3.63) is 28.8 Å². The van der Waals surface area contributed by atoms with Crippen LogP contribution in [0.25, 0.3) is 0 Å². The van der Waals surface area contributed by atoms with E-state index >= 15 is 0 Å². The van der Waals surface area contributed by atoms with Crippen LogP contribution in [0.15, 0.2) is 18.2 Å². The lowest BCUT2D eigenvalue weighted by molar-refractivity contribution is 0.0957. The summed E-state index contributed by atoms with van der Waals surface area (Å²) in [7, 11) is -0.931. The summed E-state index contributed by atoms with van der Waals surface area (Å²) in [6.07, 6.45) is 1.58. The molecule has 17 heavy (non-hydrogen) atoms. The van der Waals surface area contributed by atoms with E-state index in [1.807, 2.05) is 0 Å². The number of halogens is 1. The van der Waals surface area contributed by atoms with Gasteiger partial charge in [-0.05, 0) is 18.2 Å². The van der Waals surface area contributed by atoms with Crippen LogP contribution in [-0.4, -0.2) is 28.7 Å². The summed E-state index contributed by atoms with van der Waals surface area (Å²) >= 11 is 5.81. The highest BCUT2D eigenvalue weighted by molar-refractivity contribution is 7.84. The van der Waals surface area contributed by atoms with Gasteiger partial charge < -0.3 is 10.7 Å². The van der Waals surface area contributed by atoms with E-state index in [0.29, 0.717) is 28.6 Å². The van der Waals surface area contributed by atoms with Gasteiger partial charge in [-0.15, -0.1) is 0 Å². The third-order valence-electron chi connectivity index (χ3n) is 2.06. The predicted octanol–water partition coefficient (Wildman–Crippen LogP) is 0.734. The molecule has 0 aromatic heterocycles. The first-order chi connectivity index (χ1) is 8.04. The second kappa shape index (κ2) is 6.58. The lowest BCUT2D eigenvalue weighted by Gasteiger charge is -2.09. The number of nitrogens with one attached hydrogen (secondary N) is 2. The molecule has 4 N–H and O–H groups in total. The minimum atomic E-state index is -0.931. The Morgan fingerprint density at radius 1 is 1.53 bits per heavy atom. The number of hydrogen-bond donors (Lipinski definition) is 3. The van der Waals surface area contributed by atoms with E-state index in [1.165, 1.54) is 6.07 Å². The van der Waals surface area contributed by atoms with Crippen LogP contribution in [-0.2, 0) is 10.8 Å². The molecule has 0 aliphatic heterocycles. The van der Waals surface area contributed by atoms with Crippen LogP contribution in [0.3, 0.4) is 0 Å². The summed E-state index contributed by atoms with van der Waals surface area (Å²) in [4.78, 5) is 11.8. The van der Waals surface area contributed by atoms with Crippen molar-refractivity contribution in [2.24, 2.45) is 5.84 Å². The van der Waals surface area contributed by atoms with Crippen molar-refractivity contribution in [3.8, 4) is 0 Å². The minimum Gasteiger partial charge on any atom is -0.351 e. The Balaban J connectivity index is 2.73. The second-order valence-electron chi connectivity index (χ2n) is 3.37. The van der Waals surface area contributed by atoms with E-state index in [2.05, 4.69) is 10.7 Å². The SMILES string of the molecule is CS(=O)CCNC(=O)c1cc(Cl)ccc1NN. The van der Waals surface area contributed by atoms with E-state index in [4.69, 9.17) is 17.4 Å². The summed E-state index contributed by atoms with van der Waals surface area (Å²) in [6.45, 7) is 0.346. The Kier molecular flexibility index (Phi) is 5.40. The molecule has 0 aliphatic carbocycles. The molecule has 7 heteroatoms. The number of benzene rings is 1. The quantitative estimate of drug-likeness (QED) is 0.546. The van der Waals surface area contributed by atoms with E-state index in [1.54, 1.807) is 18.4 Å². The van der Waals surface area contributed by atoms with Gasteiger partial charge in [0.25, 0.3) is 5.91 Å². The molecule has 1 aromatic carbocycles. The van der Waals surface area contributed by atoms with Crippen molar-refractivity contribution in [1.29, 1.82) is 0 Å². The molecule has 5 nitrogen and oxygen atoms in total. The van der Waals surface area contributed by atoms with Crippen LogP contribution in [0.2, 0.25) is 5.02 Å². The van der Waals surface area contributed by atoms with Crippen molar-refractivity contribution < 1.29 is 9.00 Å². The molecular formula is C10H14ClN3O2S. The Morgan fingerprint density at radius 2 is 2.24 bits per heavy atom. The van der Waals surface area contributed by atoms with Crippen molar-refractivity contribution in [2.75, 3.05) is 24.0 Å². The molecule has 1 aromatic rings. The van der Waals surface area contributed by atoms with Gasteiger partial charge in [0.1, 0.15) is 0 Å². The van der Waals surface area contributed by atoms with Crippen molar-refractivity contribution in [2.45, 2.75) is 0 Å². The summed E-state index contributed by atoms with van der Waals surface area (Å²) in [5.74, 6) is 5.41. The van der Waals surface area contributed by atoms with Gasteiger partial charge in [-0.2, -0.15) is 0 Å². The third-order valence-corrected chi connectivity index (χ3v) is 3.07. The van der Waals surface area contributed by atoms with Gasteiger partial charge in [0.05, 0.1) is 11.3 Å². The maximum atomic E-state index is 11.8. The van der Waals surface area contributed by atoms with E-state index in [9.17, 15) is 9.00 Å². The normalized spacial score (nSPS) is 11.9. The maximum absolute atomic E-state index is 11.8. The third kappa shape index (κ3) is 4.33. The monoisotopic (exact) mass is 275 g/mol. The van der Waals surface area contributed by atoms with Gasteiger partial charge in [-0.25, -0.2) is 0 Å². The maximum Gasteiger partial charge on any atom is 0.253 e. The fraction of sp³-hybridized carbons (Fsp3) is 0.300. The number of carbonyl (C=O) groups excluding carboxylic acids is 1. The highest BCUT2D eigenvalue weighted by atomic mass is 35.5. The van der Waals surface area contributed by atoms with Crippen LogP contribution in [0.1, 0.15) is 10.4 Å². The number of amides is 1. The highest BCUT2D eigenvalue weighted by Gasteiger charge is 2.11. The molecule has 1 atom stereocenters. The summed E-state index contributed by atoms with van der Waals surface area (Å²) in [5.41, 5.74) is 3.28. The average molecular weight is 276 g/mol. The molecule has 0 saturated heterocycles. The van der Waals surface area contributed by atoms with Crippen LogP contribution in [0.5, 0.6) is 0 Å². The molecule has 0 spiro atoms. The molecule has 94 valence electrons. The molecular weight excluding hydrogens is 262 g/mol. The van der Waals surface area contributed by atoms with Gasteiger partial charge in [0.15, 0.2) is 0 Å². The summed E-state index contributed by atoms with van der Waals surface area (Å²) in [5, 5.41) is 3.10. The molecule has 0 bridgehead atoms. The lowest BCUT2D eigenvalue weighted by Crippen LogP contribution is -2.28. The van der Waals surface area contributed by atoms with E-state index < -0.39 is 10.8 Å². The van der Waals surface area contributed by atoms with Crippen molar-refractivity contribution >= 4 is 34.0 Å². The standard InChI is InChI=1S/C10H14ClN3O2S/c1-17(16)5-4-13-10(15)8-6-7(11)2-3-9(8)14-12/h2-3,6,14H,4-5,12H2,1H3,(H,13,15). The number of nitrogen functional groups attached to an aromatic ring is 1. The first-order valence-electron chi connectivity index (χ1n) is 4.89. The molecule has 0 radical (unpaired) electrons. The number of rotatable bonds is 5. The van der Waals surface area contributed by atoms with Crippen LogP contribution >= 0.6 is 11.6 Å². The molecule has 0 aliphatic rings. The topological polar surface area (TPSA) is 84.2 Å². The first kappa shape index (κ1) is 14.0. The zero-order chi connectivity index (χ0) is 12.8. The number of nitrogens with two attached hydrogens (primary N) is 1. The molecule has 1 rings (SSSR count). The largest absolute Gasteiger partial charge is 0.351 e. The summed E-state index contributed by atoms with van der Waals surface area (Å²) < 4.78 is 10.8. The molecule has 0 fully saturated rings. The smallest absolute Gasteiger partial charge is 0.253 e. The fourth-order valence-electron chi connectivity index (χ4n) is 1.23. The molecule has 0 saturated carbocycles. The number of hydrazine groups is 1. The van der Waals surface area contributed by atoms with Gasteiger partial charge in [0.2, 0.25) is 0 Å². The van der Waals surface area contributed by atoms with Gasteiger partial charge in [-0.1, -0.05) is 11.6 Å². The zero-order valence-electron chi connectivity index (χ0n) is 9.33. The Bertz CT molecular complexity index is 440. The molecule has 0 heterocycles. The minimum absolute atomic E-state index is 0.300. The average Bonchev–Trinajstić information content (AvgIpc) is 2.28. The van der Waals surface area contributed by atoms with Crippen molar-refractivity contribution in [3.63, 3.8) is 0 Å². The van der Waals surface area contributed by atoms with Crippen LogP contribution < -0.4 is 16.6 Å². The van der Waals surface area contributed by atoms with Crippen LogP contribution in [0.4, 0.5) is 5.69 Å². The predicted molar refractivity (Wildman–Crippen MR) is 70.5 cm³/mol. The summed E-state index contributed by atoms with van der Waals surface area (Å²) in [6, 6.07) is 4.78. The molecule has 1 unspecified atom stereocenters. The highest BCUT2D eigenvalue weighted by Crippen LogP contribution is 2.19. The van der Waals surface area contributed by atoms with Crippen molar-refractivity contribution in [1.82, 2.24) is 5.32 Å². The van der Waals surface area contributed by atoms with Gasteiger partial charge in [0, 0.05) is 34.4 Å². The number of anilines is 1. The Morgan fingerprint density at radius 3 is 2.82 bits per heavy atom. The van der Waals surface area contributed by atoms with Gasteiger partial charge in [-0.3, -0.25) is 14.8 Å². The Labute approximate surface area is 107 Å². The first-order valence-corrected chi connectivity index (χ1v) is 6.99.